The predicted octanol–water partition coefficient (Wildman–Crippen LogP) is 3.60. The van der Waals surface area contributed by atoms with Gasteiger partial charge in [0.15, 0.2) is 16.3 Å². The first-order valence-corrected chi connectivity index (χ1v) is 12.6. The summed E-state index contributed by atoms with van der Waals surface area (Å²) in [7, 11) is 3.04. The number of hydrogen-bond acceptors (Lipinski definition) is 7. The molecule has 2 N–H and O–H groups in total. The fourth-order valence-corrected chi connectivity index (χ4v) is 5.41. The van der Waals surface area contributed by atoms with E-state index in [1.54, 1.807) is 44.4 Å². The van der Waals surface area contributed by atoms with Crippen LogP contribution in [0.15, 0.2) is 93.9 Å². The van der Waals surface area contributed by atoms with Gasteiger partial charge in [0.1, 0.15) is 5.75 Å². The fourth-order valence-electron chi connectivity index (χ4n) is 4.36. The topological polar surface area (TPSA) is 102 Å². The van der Waals surface area contributed by atoms with E-state index in [0.29, 0.717) is 31.9 Å². The van der Waals surface area contributed by atoms with Gasteiger partial charge < -0.3 is 19.9 Å². The molecule has 1 amide bonds. The third-order valence-corrected chi connectivity index (χ3v) is 7.21. The second-order valence-electron chi connectivity index (χ2n) is 8.61. The maximum Gasteiger partial charge on any atom is 0.271 e. The predicted molar refractivity (Wildman–Crippen MR) is 146 cm³/mol. The molecule has 2 heterocycles. The van der Waals surface area contributed by atoms with Crippen LogP contribution in [0.1, 0.15) is 24.1 Å². The lowest BCUT2D eigenvalue weighted by atomic mass is 9.94. The number of phenols is 1. The zero-order valence-electron chi connectivity index (χ0n) is 21.0. The number of nitrogens with zero attached hydrogens (tertiary/aromatic N) is 2. The van der Waals surface area contributed by atoms with E-state index in [0.717, 1.165) is 11.3 Å². The summed E-state index contributed by atoms with van der Waals surface area (Å²) in [4.78, 5) is 32.6. The maximum absolute atomic E-state index is 13.8. The van der Waals surface area contributed by atoms with Crippen LogP contribution in [-0.4, -0.2) is 29.8 Å². The molecule has 5 rings (SSSR count). The number of benzene rings is 3. The lowest BCUT2D eigenvalue weighted by Gasteiger charge is -2.25. The van der Waals surface area contributed by atoms with E-state index < -0.39 is 6.04 Å². The van der Waals surface area contributed by atoms with Crippen LogP contribution in [0.5, 0.6) is 17.2 Å². The highest BCUT2D eigenvalue weighted by atomic mass is 32.1. The van der Waals surface area contributed by atoms with Crippen LogP contribution in [0.4, 0.5) is 5.69 Å². The van der Waals surface area contributed by atoms with Gasteiger partial charge in [-0.25, -0.2) is 4.99 Å². The highest BCUT2D eigenvalue weighted by Gasteiger charge is 2.33. The average molecular weight is 528 g/mol. The fraction of sp³-hybridized carbons (Fsp3) is 0.138. The van der Waals surface area contributed by atoms with Crippen molar-refractivity contribution in [1.82, 2.24) is 4.57 Å². The van der Waals surface area contributed by atoms with Gasteiger partial charge in [-0.2, -0.15) is 0 Å². The molecule has 0 aliphatic carbocycles. The SMILES string of the molecule is COc1ccc(C=c2sc3n(c2=O)C(c2ccc(O)c(OC)c2)C(C(=O)Nc2ccccc2)=C(C)N=3)cc1. The highest BCUT2D eigenvalue weighted by Crippen LogP contribution is 2.35. The van der Waals surface area contributed by atoms with Crippen LogP contribution in [0.25, 0.3) is 6.08 Å². The lowest BCUT2D eigenvalue weighted by molar-refractivity contribution is -0.113. The first-order valence-electron chi connectivity index (χ1n) is 11.8. The van der Waals surface area contributed by atoms with Gasteiger partial charge in [0.25, 0.3) is 11.5 Å². The van der Waals surface area contributed by atoms with Crippen molar-refractivity contribution in [3.63, 3.8) is 0 Å². The molecule has 1 aliphatic heterocycles. The van der Waals surface area contributed by atoms with Crippen molar-refractivity contribution >= 4 is 29.0 Å². The molecule has 1 atom stereocenters. The van der Waals surface area contributed by atoms with E-state index in [1.165, 1.54) is 29.1 Å². The summed E-state index contributed by atoms with van der Waals surface area (Å²) >= 11 is 1.25. The van der Waals surface area contributed by atoms with E-state index in [9.17, 15) is 14.7 Å². The molecule has 1 aromatic heterocycles. The van der Waals surface area contributed by atoms with E-state index in [2.05, 4.69) is 10.3 Å². The number of aromatic nitrogens is 1. The van der Waals surface area contributed by atoms with Crippen molar-refractivity contribution in [3.05, 3.63) is 115 Å². The summed E-state index contributed by atoms with van der Waals surface area (Å²) in [6, 6.07) is 20.5. The summed E-state index contributed by atoms with van der Waals surface area (Å²) in [5.74, 6) is 0.535. The molecular weight excluding hydrogens is 502 g/mol. The molecule has 0 saturated carbocycles. The number of nitrogens with one attached hydrogen (secondary N) is 1. The zero-order chi connectivity index (χ0) is 26.8. The normalized spacial score (nSPS) is 15.0. The number of thiazole rings is 1. The first kappa shape index (κ1) is 25.0. The number of amides is 1. The Morgan fingerprint density at radius 3 is 2.47 bits per heavy atom. The number of phenolic OH excluding ortho intramolecular Hbond substituents is 1. The monoisotopic (exact) mass is 527 g/mol. The molecule has 0 radical (unpaired) electrons. The molecule has 8 nitrogen and oxygen atoms in total. The van der Waals surface area contributed by atoms with Crippen LogP contribution in [0, 0.1) is 0 Å². The number of allylic oxidation sites excluding steroid dienone is 1. The molecule has 1 aliphatic rings. The Kier molecular flexibility index (Phi) is 6.85. The Morgan fingerprint density at radius 1 is 1.05 bits per heavy atom. The largest absolute Gasteiger partial charge is 0.504 e. The van der Waals surface area contributed by atoms with Crippen LogP contribution in [0.3, 0.4) is 0 Å². The summed E-state index contributed by atoms with van der Waals surface area (Å²) in [5, 5.41) is 13.1. The smallest absolute Gasteiger partial charge is 0.271 e. The molecule has 0 bridgehead atoms. The summed E-state index contributed by atoms with van der Waals surface area (Å²) < 4.78 is 12.6. The number of carbonyl (C=O) groups excluding carboxylic acids is 1. The minimum Gasteiger partial charge on any atom is -0.504 e. The molecule has 9 heteroatoms. The number of carbonyl (C=O) groups is 1. The van der Waals surface area contributed by atoms with Crippen molar-refractivity contribution in [3.8, 4) is 17.2 Å². The number of rotatable bonds is 6. The summed E-state index contributed by atoms with van der Waals surface area (Å²) in [6.07, 6.45) is 1.79. The van der Waals surface area contributed by atoms with Crippen LogP contribution in [-0.2, 0) is 4.79 Å². The van der Waals surface area contributed by atoms with E-state index >= 15 is 0 Å². The number of hydrogen-bond donors (Lipinski definition) is 2. The molecule has 0 spiro atoms. The Bertz CT molecular complexity index is 1720. The number of aromatic hydroxyl groups is 1. The minimum absolute atomic E-state index is 0.0425. The minimum atomic E-state index is -0.789. The van der Waals surface area contributed by atoms with Gasteiger partial charge in [-0.3, -0.25) is 14.2 Å². The van der Waals surface area contributed by atoms with Gasteiger partial charge in [-0.15, -0.1) is 0 Å². The third-order valence-electron chi connectivity index (χ3n) is 6.23. The quantitative estimate of drug-likeness (QED) is 0.399. The van der Waals surface area contributed by atoms with Crippen molar-refractivity contribution < 1.29 is 19.4 Å². The Hall–Kier alpha value is -4.63. The molecule has 38 heavy (non-hydrogen) atoms. The lowest BCUT2D eigenvalue weighted by Crippen LogP contribution is -2.40. The molecule has 1 unspecified atom stereocenters. The molecule has 192 valence electrons. The van der Waals surface area contributed by atoms with Crippen LogP contribution >= 0.6 is 11.3 Å². The molecule has 0 saturated heterocycles. The Balaban J connectivity index is 1.68. The van der Waals surface area contributed by atoms with Crippen molar-refractivity contribution in [2.75, 3.05) is 19.5 Å². The summed E-state index contributed by atoms with van der Waals surface area (Å²) in [6.45, 7) is 1.76. The average Bonchev–Trinajstić information content (AvgIpc) is 3.23. The maximum atomic E-state index is 13.8. The van der Waals surface area contributed by atoms with Crippen LogP contribution in [0.2, 0.25) is 0 Å². The third kappa shape index (κ3) is 4.71. The van der Waals surface area contributed by atoms with Crippen LogP contribution < -0.4 is 29.7 Å². The van der Waals surface area contributed by atoms with Gasteiger partial charge in [0.2, 0.25) is 0 Å². The Morgan fingerprint density at radius 2 is 1.79 bits per heavy atom. The number of methoxy groups -OCH3 is 2. The summed E-state index contributed by atoms with van der Waals surface area (Å²) in [5.41, 5.74) is 2.59. The first-order chi connectivity index (χ1) is 18.4. The number of fused-ring (bicyclic) bond motifs is 1. The molecule has 0 fully saturated rings. The van der Waals surface area contributed by atoms with Gasteiger partial charge in [0.05, 0.1) is 36.1 Å². The van der Waals surface area contributed by atoms with Gasteiger partial charge >= 0.3 is 0 Å². The standard InChI is InChI=1S/C29H25N3O5S/c1-17-25(27(34)31-20-7-5-4-6-8-20)26(19-11-14-22(33)23(16-19)37-3)32-28(35)24(38-29(32)30-17)15-18-9-12-21(36-2)13-10-18/h4-16,26,33H,1-3H3,(H,31,34). The molecular formula is C29H25N3O5S. The highest BCUT2D eigenvalue weighted by molar-refractivity contribution is 7.07. The second kappa shape index (κ2) is 10.4. The van der Waals surface area contributed by atoms with Crippen molar-refractivity contribution in [2.45, 2.75) is 13.0 Å². The van der Waals surface area contributed by atoms with Gasteiger partial charge in [-0.1, -0.05) is 47.7 Å². The molecule has 3 aromatic carbocycles. The van der Waals surface area contributed by atoms with Gasteiger partial charge in [0, 0.05) is 5.69 Å². The second-order valence-corrected chi connectivity index (χ2v) is 9.62. The van der Waals surface area contributed by atoms with Gasteiger partial charge in [-0.05, 0) is 60.5 Å². The van der Waals surface area contributed by atoms with Crippen molar-refractivity contribution in [1.29, 1.82) is 0 Å². The molecule has 4 aromatic rings. The van der Waals surface area contributed by atoms with E-state index in [1.807, 2.05) is 42.5 Å². The number of ether oxygens (including phenoxy) is 2. The van der Waals surface area contributed by atoms with E-state index in [-0.39, 0.29) is 23.0 Å². The number of para-hydroxylation sites is 1. The van der Waals surface area contributed by atoms with E-state index in [4.69, 9.17) is 9.47 Å². The zero-order valence-corrected chi connectivity index (χ0v) is 21.8. The van der Waals surface area contributed by atoms with Crippen molar-refractivity contribution in [2.24, 2.45) is 4.99 Å². The Labute approximate surface area is 222 Å². The number of anilines is 1.